The van der Waals surface area contributed by atoms with Crippen LogP contribution in [0.15, 0.2) is 60.0 Å². The SMILES string of the molecule is Cc1cc(OC[C@H](O)CO)c(F)c(C)c1-c1cccc(COc2ccc(-c3csnc3O)cc2)c1. The number of ether oxygens (including phenoxy) is 2. The molecule has 8 heteroatoms. The number of aromatic nitrogens is 1. The van der Waals surface area contributed by atoms with Crippen LogP contribution < -0.4 is 9.47 Å². The van der Waals surface area contributed by atoms with Gasteiger partial charge in [-0.2, -0.15) is 4.37 Å². The molecule has 0 saturated carbocycles. The number of aliphatic hydroxyl groups is 2. The van der Waals surface area contributed by atoms with E-state index in [1.54, 1.807) is 18.4 Å². The van der Waals surface area contributed by atoms with Gasteiger partial charge in [0.25, 0.3) is 0 Å². The van der Waals surface area contributed by atoms with Crippen LogP contribution in [0.1, 0.15) is 16.7 Å². The van der Waals surface area contributed by atoms with Crippen LogP contribution in [0.5, 0.6) is 17.4 Å². The van der Waals surface area contributed by atoms with Crippen molar-refractivity contribution in [3.05, 3.63) is 82.5 Å². The van der Waals surface area contributed by atoms with E-state index in [4.69, 9.17) is 14.6 Å². The second-order valence-corrected chi connectivity index (χ2v) is 8.85. The molecule has 4 aromatic rings. The van der Waals surface area contributed by atoms with Crippen molar-refractivity contribution >= 4 is 11.5 Å². The van der Waals surface area contributed by atoms with Crippen LogP contribution in [0.4, 0.5) is 4.39 Å². The van der Waals surface area contributed by atoms with E-state index in [-0.39, 0.29) is 18.2 Å². The smallest absolute Gasteiger partial charge is 0.230 e. The number of aryl methyl sites for hydroxylation is 1. The molecule has 182 valence electrons. The molecule has 1 heterocycles. The fourth-order valence-corrected chi connectivity index (χ4v) is 4.45. The van der Waals surface area contributed by atoms with Gasteiger partial charge < -0.3 is 24.8 Å². The molecule has 0 amide bonds. The van der Waals surface area contributed by atoms with Gasteiger partial charge in [-0.25, -0.2) is 4.39 Å². The highest BCUT2D eigenvalue weighted by atomic mass is 32.1. The summed E-state index contributed by atoms with van der Waals surface area (Å²) in [6.07, 6.45) is -1.07. The van der Waals surface area contributed by atoms with Crippen LogP contribution >= 0.6 is 11.5 Å². The molecule has 0 unspecified atom stereocenters. The van der Waals surface area contributed by atoms with Gasteiger partial charge >= 0.3 is 0 Å². The Hall–Kier alpha value is -3.46. The van der Waals surface area contributed by atoms with Crippen LogP contribution in [-0.2, 0) is 6.61 Å². The predicted molar refractivity (Wildman–Crippen MR) is 133 cm³/mol. The second kappa shape index (κ2) is 10.9. The lowest BCUT2D eigenvalue weighted by molar-refractivity contribution is 0.0523. The lowest BCUT2D eigenvalue weighted by Crippen LogP contribution is -2.21. The van der Waals surface area contributed by atoms with Crippen molar-refractivity contribution in [2.45, 2.75) is 26.6 Å². The van der Waals surface area contributed by atoms with E-state index >= 15 is 0 Å². The van der Waals surface area contributed by atoms with Crippen molar-refractivity contribution in [3.8, 4) is 39.6 Å². The molecular formula is C27H26FNO5S. The summed E-state index contributed by atoms with van der Waals surface area (Å²) in [5.74, 6) is 0.256. The summed E-state index contributed by atoms with van der Waals surface area (Å²) in [7, 11) is 0. The maximum absolute atomic E-state index is 15.0. The van der Waals surface area contributed by atoms with Gasteiger partial charge in [-0.15, -0.1) is 0 Å². The zero-order valence-electron chi connectivity index (χ0n) is 19.4. The molecule has 0 aliphatic carbocycles. The third kappa shape index (κ3) is 5.62. The summed E-state index contributed by atoms with van der Waals surface area (Å²) < 4.78 is 30.2. The predicted octanol–water partition coefficient (Wildman–Crippen LogP) is 5.25. The monoisotopic (exact) mass is 495 g/mol. The first kappa shape index (κ1) is 24.7. The molecule has 0 fully saturated rings. The number of aliphatic hydroxyl groups excluding tert-OH is 2. The topological polar surface area (TPSA) is 92.0 Å². The lowest BCUT2D eigenvalue weighted by atomic mass is 9.94. The van der Waals surface area contributed by atoms with Crippen LogP contribution in [0.2, 0.25) is 0 Å². The van der Waals surface area contributed by atoms with Crippen molar-refractivity contribution in [3.63, 3.8) is 0 Å². The minimum Gasteiger partial charge on any atom is -0.492 e. The first-order chi connectivity index (χ1) is 16.9. The Kier molecular flexibility index (Phi) is 7.65. The number of rotatable bonds is 9. The van der Waals surface area contributed by atoms with Gasteiger partial charge in [0, 0.05) is 5.38 Å². The van der Waals surface area contributed by atoms with Crippen molar-refractivity contribution in [2.75, 3.05) is 13.2 Å². The van der Waals surface area contributed by atoms with Crippen molar-refractivity contribution in [2.24, 2.45) is 0 Å². The highest BCUT2D eigenvalue weighted by Crippen LogP contribution is 2.35. The van der Waals surface area contributed by atoms with Gasteiger partial charge in [-0.05, 0) is 83.0 Å². The quantitative estimate of drug-likeness (QED) is 0.294. The molecule has 0 aliphatic heterocycles. The fourth-order valence-electron chi connectivity index (χ4n) is 3.85. The van der Waals surface area contributed by atoms with E-state index < -0.39 is 18.5 Å². The molecule has 3 aromatic carbocycles. The summed E-state index contributed by atoms with van der Waals surface area (Å²) in [4.78, 5) is 0. The molecule has 0 radical (unpaired) electrons. The third-order valence-electron chi connectivity index (χ3n) is 5.64. The molecule has 0 aliphatic rings. The molecule has 1 aromatic heterocycles. The van der Waals surface area contributed by atoms with Gasteiger partial charge in [0.15, 0.2) is 11.6 Å². The molecule has 3 N–H and O–H groups in total. The minimum absolute atomic E-state index is 0.0184. The highest BCUT2D eigenvalue weighted by Gasteiger charge is 2.17. The normalized spacial score (nSPS) is 11.9. The van der Waals surface area contributed by atoms with Crippen LogP contribution in [0, 0.1) is 19.7 Å². The van der Waals surface area contributed by atoms with Gasteiger partial charge in [-0.3, -0.25) is 0 Å². The average molecular weight is 496 g/mol. The zero-order chi connectivity index (χ0) is 24.9. The van der Waals surface area contributed by atoms with E-state index in [2.05, 4.69) is 4.37 Å². The Labute approximate surface area is 207 Å². The van der Waals surface area contributed by atoms with E-state index in [1.165, 1.54) is 11.5 Å². The summed E-state index contributed by atoms with van der Waals surface area (Å²) >= 11 is 1.20. The lowest BCUT2D eigenvalue weighted by Gasteiger charge is -2.17. The highest BCUT2D eigenvalue weighted by molar-refractivity contribution is 7.04. The number of aromatic hydroxyl groups is 1. The molecule has 0 bridgehead atoms. The first-order valence-electron chi connectivity index (χ1n) is 11.0. The molecule has 4 rings (SSSR count). The number of nitrogens with zero attached hydrogens (tertiary/aromatic N) is 1. The Bertz CT molecular complexity index is 1310. The van der Waals surface area contributed by atoms with Crippen molar-refractivity contribution in [1.82, 2.24) is 4.37 Å². The number of hydrogen-bond acceptors (Lipinski definition) is 7. The number of benzene rings is 3. The second-order valence-electron chi connectivity index (χ2n) is 8.22. The summed E-state index contributed by atoms with van der Waals surface area (Å²) in [5, 5.41) is 30.0. The maximum Gasteiger partial charge on any atom is 0.230 e. The Morgan fingerprint density at radius 3 is 2.49 bits per heavy atom. The van der Waals surface area contributed by atoms with E-state index in [9.17, 15) is 14.6 Å². The van der Waals surface area contributed by atoms with Crippen molar-refractivity contribution < 1.29 is 29.2 Å². The standard InChI is InChI=1S/C27H26FNO5S/c1-16-10-24(34-14-21(31)12-30)26(28)17(2)25(16)20-5-3-4-18(11-20)13-33-22-8-6-19(7-9-22)23-15-35-29-27(23)32/h3-11,15,21,30-31H,12-14H2,1-2H3,(H,29,32)/t21-/m1/s1. The minimum atomic E-state index is -1.07. The van der Waals surface area contributed by atoms with Crippen LogP contribution in [0.25, 0.3) is 22.3 Å². The Balaban J connectivity index is 1.49. The molecule has 1 atom stereocenters. The first-order valence-corrected chi connectivity index (χ1v) is 11.9. The average Bonchev–Trinajstić information content (AvgIpc) is 3.30. The van der Waals surface area contributed by atoms with Crippen LogP contribution in [0.3, 0.4) is 0 Å². The van der Waals surface area contributed by atoms with Gasteiger partial charge in [0.2, 0.25) is 5.88 Å². The summed E-state index contributed by atoms with van der Waals surface area (Å²) in [6.45, 7) is 3.26. The third-order valence-corrected chi connectivity index (χ3v) is 6.26. The largest absolute Gasteiger partial charge is 0.492 e. The molecular weight excluding hydrogens is 469 g/mol. The summed E-state index contributed by atoms with van der Waals surface area (Å²) in [5.41, 5.74) is 5.38. The molecule has 0 spiro atoms. The van der Waals surface area contributed by atoms with Gasteiger partial charge in [0.1, 0.15) is 25.1 Å². The van der Waals surface area contributed by atoms with Gasteiger partial charge in [-0.1, -0.05) is 30.3 Å². The Morgan fingerprint density at radius 2 is 1.80 bits per heavy atom. The summed E-state index contributed by atoms with van der Waals surface area (Å²) in [6, 6.07) is 16.8. The number of halogens is 1. The van der Waals surface area contributed by atoms with Crippen molar-refractivity contribution in [1.29, 1.82) is 0 Å². The fraction of sp³-hybridized carbons (Fsp3) is 0.222. The Morgan fingerprint density at radius 1 is 1.03 bits per heavy atom. The molecule has 6 nitrogen and oxygen atoms in total. The zero-order valence-corrected chi connectivity index (χ0v) is 20.2. The van der Waals surface area contributed by atoms with E-state index in [1.807, 2.05) is 55.5 Å². The van der Waals surface area contributed by atoms with Crippen LogP contribution in [-0.4, -0.2) is 39.0 Å². The van der Waals surface area contributed by atoms with E-state index in [0.29, 0.717) is 23.5 Å². The maximum atomic E-state index is 15.0. The molecule has 35 heavy (non-hydrogen) atoms. The molecule has 0 saturated heterocycles. The number of hydrogen-bond donors (Lipinski definition) is 3. The van der Waals surface area contributed by atoms with E-state index in [0.717, 1.165) is 27.8 Å². The van der Waals surface area contributed by atoms with Gasteiger partial charge in [0.05, 0.1) is 12.2 Å².